The number of carboxylic acid groups (broad SMARTS) is 1. The number of ether oxygens (including phenoxy) is 1. The summed E-state index contributed by atoms with van der Waals surface area (Å²) in [6.07, 6.45) is 3.22. The number of carbonyl (C=O) groups excluding carboxylic acids is 1. The Labute approximate surface area is 102 Å². The van der Waals surface area contributed by atoms with Crippen LogP contribution in [0.4, 0.5) is 0 Å². The van der Waals surface area contributed by atoms with Crippen molar-refractivity contribution in [3.8, 4) is 0 Å². The van der Waals surface area contributed by atoms with Crippen molar-refractivity contribution in [3.63, 3.8) is 0 Å². The van der Waals surface area contributed by atoms with Gasteiger partial charge in [-0.25, -0.2) is 4.79 Å². The maximum atomic E-state index is 11.9. The summed E-state index contributed by atoms with van der Waals surface area (Å²) in [5, 5.41) is 9.04. The van der Waals surface area contributed by atoms with Gasteiger partial charge in [0.15, 0.2) is 0 Å². The van der Waals surface area contributed by atoms with Crippen LogP contribution in [-0.2, 0) is 14.3 Å². The Morgan fingerprint density at radius 3 is 2.53 bits per heavy atom. The molecular formula is C12H21NO4. The molecule has 0 aromatic rings. The molecule has 17 heavy (non-hydrogen) atoms. The minimum atomic E-state index is -1.17. The lowest BCUT2D eigenvalue weighted by Crippen LogP contribution is -2.51. The number of aliphatic carboxylic acids is 1. The smallest absolute Gasteiger partial charge is 0.329 e. The first-order chi connectivity index (χ1) is 7.85. The summed E-state index contributed by atoms with van der Waals surface area (Å²) in [6.45, 7) is 3.74. The molecule has 1 saturated heterocycles. The van der Waals surface area contributed by atoms with Crippen molar-refractivity contribution in [2.24, 2.45) is 0 Å². The van der Waals surface area contributed by atoms with Crippen LogP contribution in [0.15, 0.2) is 0 Å². The highest BCUT2D eigenvalue weighted by atomic mass is 16.5. The number of nitrogens with zero attached hydrogens (tertiary/aromatic N) is 1. The molecule has 1 heterocycles. The molecule has 1 aliphatic heterocycles. The second kappa shape index (κ2) is 5.49. The van der Waals surface area contributed by atoms with E-state index in [1.807, 2.05) is 0 Å². The van der Waals surface area contributed by atoms with Crippen molar-refractivity contribution in [3.05, 3.63) is 0 Å². The molecule has 1 aliphatic rings. The molecule has 0 aliphatic carbocycles. The lowest BCUT2D eigenvalue weighted by Gasteiger charge is -2.33. The fraction of sp³-hybridized carbons (Fsp3) is 0.833. The van der Waals surface area contributed by atoms with Gasteiger partial charge in [-0.15, -0.1) is 0 Å². The predicted octanol–water partition coefficient (Wildman–Crippen LogP) is 1.27. The minimum absolute atomic E-state index is 0.0525. The van der Waals surface area contributed by atoms with Crippen molar-refractivity contribution in [2.75, 3.05) is 13.7 Å². The molecule has 1 amide bonds. The van der Waals surface area contributed by atoms with Gasteiger partial charge in [0.05, 0.1) is 12.5 Å². The van der Waals surface area contributed by atoms with Gasteiger partial charge in [-0.1, -0.05) is 0 Å². The fourth-order valence-corrected chi connectivity index (χ4v) is 1.76. The van der Waals surface area contributed by atoms with Crippen LogP contribution >= 0.6 is 0 Å². The van der Waals surface area contributed by atoms with Gasteiger partial charge in [0.2, 0.25) is 5.91 Å². The van der Waals surface area contributed by atoms with E-state index in [-0.39, 0.29) is 18.4 Å². The van der Waals surface area contributed by atoms with E-state index in [4.69, 9.17) is 9.84 Å². The van der Waals surface area contributed by atoms with Crippen LogP contribution in [-0.4, -0.2) is 47.2 Å². The van der Waals surface area contributed by atoms with Gasteiger partial charge < -0.3 is 14.7 Å². The maximum absolute atomic E-state index is 11.9. The molecule has 0 bridgehead atoms. The van der Waals surface area contributed by atoms with Crippen LogP contribution in [0.2, 0.25) is 0 Å². The highest BCUT2D eigenvalue weighted by Gasteiger charge is 2.35. The zero-order chi connectivity index (χ0) is 13.1. The molecular weight excluding hydrogens is 222 g/mol. The summed E-state index contributed by atoms with van der Waals surface area (Å²) in [5.41, 5.74) is -1.17. The van der Waals surface area contributed by atoms with Crippen molar-refractivity contribution in [1.29, 1.82) is 0 Å². The van der Waals surface area contributed by atoms with Gasteiger partial charge in [0.25, 0.3) is 0 Å². The number of hydrogen-bond donors (Lipinski definition) is 1. The zero-order valence-electron chi connectivity index (χ0n) is 10.7. The highest BCUT2D eigenvalue weighted by Crippen LogP contribution is 2.19. The minimum Gasteiger partial charge on any atom is -0.480 e. The van der Waals surface area contributed by atoms with E-state index in [0.29, 0.717) is 6.61 Å². The molecule has 0 radical (unpaired) electrons. The number of amides is 1. The van der Waals surface area contributed by atoms with Crippen molar-refractivity contribution in [1.82, 2.24) is 4.90 Å². The molecule has 0 aromatic heterocycles. The normalized spacial score (nSPS) is 21.0. The number of likely N-dealkylation sites (N-methyl/N-ethyl adjacent to an activating group) is 1. The van der Waals surface area contributed by atoms with Gasteiger partial charge >= 0.3 is 5.97 Å². The lowest BCUT2D eigenvalue weighted by molar-refractivity contribution is -0.156. The summed E-state index contributed by atoms with van der Waals surface area (Å²) in [4.78, 5) is 24.3. The standard InChI is InChI=1S/C12H21NO4/c1-12(2,11(15)16)13(3)10(14)8-9-6-4-5-7-17-9/h9H,4-8H2,1-3H3,(H,15,16). The number of carbonyl (C=O) groups is 2. The second-order valence-electron chi connectivity index (χ2n) is 5.01. The third-order valence-corrected chi connectivity index (χ3v) is 3.41. The topological polar surface area (TPSA) is 66.8 Å². The van der Waals surface area contributed by atoms with E-state index < -0.39 is 11.5 Å². The van der Waals surface area contributed by atoms with Crippen molar-refractivity contribution in [2.45, 2.75) is 51.2 Å². The molecule has 1 fully saturated rings. The summed E-state index contributed by atoms with van der Waals surface area (Å²) >= 11 is 0. The predicted molar refractivity (Wildman–Crippen MR) is 62.7 cm³/mol. The van der Waals surface area contributed by atoms with Gasteiger partial charge in [0, 0.05) is 13.7 Å². The first-order valence-corrected chi connectivity index (χ1v) is 5.97. The number of rotatable bonds is 4. The van der Waals surface area contributed by atoms with Crippen LogP contribution < -0.4 is 0 Å². The molecule has 0 saturated carbocycles. The largest absolute Gasteiger partial charge is 0.480 e. The van der Waals surface area contributed by atoms with Crippen LogP contribution in [0, 0.1) is 0 Å². The maximum Gasteiger partial charge on any atom is 0.329 e. The van der Waals surface area contributed by atoms with Crippen LogP contribution in [0.3, 0.4) is 0 Å². The first kappa shape index (κ1) is 14.0. The van der Waals surface area contributed by atoms with Crippen LogP contribution in [0.1, 0.15) is 39.5 Å². The molecule has 1 unspecified atom stereocenters. The fourth-order valence-electron chi connectivity index (χ4n) is 1.76. The van der Waals surface area contributed by atoms with Crippen LogP contribution in [0.25, 0.3) is 0 Å². The third-order valence-electron chi connectivity index (χ3n) is 3.41. The van der Waals surface area contributed by atoms with E-state index >= 15 is 0 Å². The lowest BCUT2D eigenvalue weighted by atomic mass is 10.0. The summed E-state index contributed by atoms with van der Waals surface area (Å²) in [5.74, 6) is -1.18. The van der Waals surface area contributed by atoms with Gasteiger partial charge in [-0.2, -0.15) is 0 Å². The van der Waals surface area contributed by atoms with Crippen LogP contribution in [0.5, 0.6) is 0 Å². The van der Waals surface area contributed by atoms with E-state index in [2.05, 4.69) is 0 Å². The molecule has 1 atom stereocenters. The second-order valence-corrected chi connectivity index (χ2v) is 5.01. The summed E-state index contributed by atoms with van der Waals surface area (Å²) in [7, 11) is 1.53. The van der Waals surface area contributed by atoms with Gasteiger partial charge in [-0.05, 0) is 33.1 Å². The molecule has 1 rings (SSSR count). The van der Waals surface area contributed by atoms with E-state index in [1.54, 1.807) is 0 Å². The van der Waals surface area contributed by atoms with E-state index in [9.17, 15) is 9.59 Å². The van der Waals surface area contributed by atoms with E-state index in [0.717, 1.165) is 19.3 Å². The summed E-state index contributed by atoms with van der Waals surface area (Å²) in [6, 6.07) is 0. The Morgan fingerprint density at radius 2 is 2.06 bits per heavy atom. The third kappa shape index (κ3) is 3.43. The Hall–Kier alpha value is -1.10. The molecule has 1 N–H and O–H groups in total. The molecule has 98 valence electrons. The molecule has 0 aromatic carbocycles. The average molecular weight is 243 g/mol. The number of hydrogen-bond acceptors (Lipinski definition) is 3. The highest BCUT2D eigenvalue weighted by molar-refractivity contribution is 5.86. The Morgan fingerprint density at radius 1 is 1.41 bits per heavy atom. The average Bonchev–Trinajstić information content (AvgIpc) is 2.29. The SMILES string of the molecule is CN(C(=O)CC1CCCCO1)C(C)(C)C(=O)O. The Kier molecular flexibility index (Phi) is 4.51. The monoisotopic (exact) mass is 243 g/mol. The van der Waals surface area contributed by atoms with E-state index in [1.165, 1.54) is 25.8 Å². The zero-order valence-corrected chi connectivity index (χ0v) is 10.7. The van der Waals surface area contributed by atoms with Gasteiger partial charge in [-0.3, -0.25) is 4.79 Å². The Balaban J connectivity index is 2.54. The quantitative estimate of drug-likeness (QED) is 0.807. The van der Waals surface area contributed by atoms with Crippen molar-refractivity contribution < 1.29 is 19.4 Å². The summed E-state index contributed by atoms with van der Waals surface area (Å²) < 4.78 is 5.48. The van der Waals surface area contributed by atoms with Gasteiger partial charge in [0.1, 0.15) is 5.54 Å². The molecule has 5 heteroatoms. The number of carboxylic acids is 1. The molecule has 0 spiro atoms. The van der Waals surface area contributed by atoms with Crippen molar-refractivity contribution >= 4 is 11.9 Å². The Bertz CT molecular complexity index is 295. The molecule has 5 nitrogen and oxygen atoms in total. The first-order valence-electron chi connectivity index (χ1n) is 5.97.